The standard InChI is InChI=1S/C20H18FNO3S/c1-13-18-15(21)9-6-10-16(18)26-19(13)20(24)25-12-17(23)22(2)11-14-7-4-3-5-8-14/h3-10H,11-12H2,1-2H3. The van der Waals surface area contributed by atoms with Gasteiger partial charge in [-0.05, 0) is 30.2 Å². The molecular formula is C20H18FNO3S. The number of ether oxygens (including phenoxy) is 1. The molecule has 134 valence electrons. The first kappa shape index (κ1) is 18.1. The average molecular weight is 371 g/mol. The van der Waals surface area contributed by atoms with Crippen molar-refractivity contribution in [3.63, 3.8) is 0 Å². The highest BCUT2D eigenvalue weighted by atomic mass is 32.1. The molecule has 0 aliphatic carbocycles. The quantitative estimate of drug-likeness (QED) is 0.633. The zero-order chi connectivity index (χ0) is 18.7. The van der Waals surface area contributed by atoms with Gasteiger partial charge in [0, 0.05) is 23.7 Å². The summed E-state index contributed by atoms with van der Waals surface area (Å²) in [5, 5.41) is 0.428. The predicted octanol–water partition coefficient (Wildman–Crippen LogP) is 4.16. The number of carbonyl (C=O) groups excluding carboxylic acids is 2. The Balaban J connectivity index is 1.64. The van der Waals surface area contributed by atoms with Gasteiger partial charge in [0.2, 0.25) is 0 Å². The van der Waals surface area contributed by atoms with Gasteiger partial charge in [0.25, 0.3) is 5.91 Å². The van der Waals surface area contributed by atoms with Crippen molar-refractivity contribution in [1.29, 1.82) is 0 Å². The molecule has 0 N–H and O–H groups in total. The highest BCUT2D eigenvalue weighted by Crippen LogP contribution is 2.32. The number of aryl methyl sites for hydroxylation is 1. The first-order valence-electron chi connectivity index (χ1n) is 8.10. The van der Waals surface area contributed by atoms with Crippen LogP contribution in [0.5, 0.6) is 0 Å². The molecule has 0 aliphatic rings. The summed E-state index contributed by atoms with van der Waals surface area (Å²) in [5.74, 6) is -1.27. The summed E-state index contributed by atoms with van der Waals surface area (Å²) in [6.45, 7) is 1.77. The van der Waals surface area contributed by atoms with Crippen LogP contribution in [0.15, 0.2) is 48.5 Å². The normalized spacial score (nSPS) is 10.7. The Labute approximate surface area is 154 Å². The first-order chi connectivity index (χ1) is 12.5. The summed E-state index contributed by atoms with van der Waals surface area (Å²) < 4.78 is 19.8. The van der Waals surface area contributed by atoms with Crippen LogP contribution in [-0.4, -0.2) is 30.4 Å². The van der Waals surface area contributed by atoms with Crippen molar-refractivity contribution in [2.45, 2.75) is 13.5 Å². The van der Waals surface area contributed by atoms with Crippen LogP contribution in [0.3, 0.4) is 0 Å². The van der Waals surface area contributed by atoms with E-state index >= 15 is 0 Å². The molecule has 0 fully saturated rings. The van der Waals surface area contributed by atoms with Crippen molar-refractivity contribution < 1.29 is 18.7 Å². The highest BCUT2D eigenvalue weighted by molar-refractivity contribution is 7.21. The third-order valence-electron chi connectivity index (χ3n) is 4.10. The maximum absolute atomic E-state index is 13.9. The van der Waals surface area contributed by atoms with Crippen molar-refractivity contribution in [2.24, 2.45) is 0 Å². The lowest BCUT2D eigenvalue weighted by atomic mass is 10.1. The van der Waals surface area contributed by atoms with Gasteiger partial charge >= 0.3 is 5.97 Å². The van der Waals surface area contributed by atoms with Gasteiger partial charge in [-0.2, -0.15) is 0 Å². The molecule has 0 unspecified atom stereocenters. The molecule has 0 aliphatic heterocycles. The van der Waals surface area contributed by atoms with Crippen molar-refractivity contribution in [3.8, 4) is 0 Å². The van der Waals surface area contributed by atoms with Gasteiger partial charge in [-0.1, -0.05) is 36.4 Å². The highest BCUT2D eigenvalue weighted by Gasteiger charge is 2.20. The molecule has 2 aromatic carbocycles. The largest absolute Gasteiger partial charge is 0.451 e. The van der Waals surface area contributed by atoms with Crippen molar-refractivity contribution in [3.05, 3.63) is 70.4 Å². The SMILES string of the molecule is Cc1c(C(=O)OCC(=O)N(C)Cc2ccccc2)sc2cccc(F)c12. The molecule has 6 heteroatoms. The van der Waals surface area contributed by atoms with Crippen molar-refractivity contribution in [1.82, 2.24) is 4.90 Å². The molecule has 3 aromatic rings. The molecule has 3 rings (SSSR count). The van der Waals surface area contributed by atoms with Gasteiger partial charge in [-0.25, -0.2) is 9.18 Å². The smallest absolute Gasteiger partial charge is 0.349 e. The summed E-state index contributed by atoms with van der Waals surface area (Å²) in [6, 6.07) is 14.3. The maximum Gasteiger partial charge on any atom is 0.349 e. The number of thiophene rings is 1. The van der Waals surface area contributed by atoms with Crippen molar-refractivity contribution in [2.75, 3.05) is 13.7 Å². The Morgan fingerprint density at radius 3 is 2.54 bits per heavy atom. The fourth-order valence-electron chi connectivity index (χ4n) is 2.70. The lowest BCUT2D eigenvalue weighted by molar-refractivity contribution is -0.133. The summed E-state index contributed by atoms with van der Waals surface area (Å²) >= 11 is 1.17. The van der Waals surface area contributed by atoms with Crippen LogP contribution in [0.1, 0.15) is 20.8 Å². The molecule has 1 amide bonds. The minimum absolute atomic E-state index is 0.299. The maximum atomic E-state index is 13.9. The van der Waals surface area contributed by atoms with E-state index in [9.17, 15) is 14.0 Å². The minimum atomic E-state index is -0.607. The fourth-order valence-corrected chi connectivity index (χ4v) is 3.81. The summed E-state index contributed by atoms with van der Waals surface area (Å²) in [6.07, 6.45) is 0. The Hall–Kier alpha value is -2.73. The molecule has 4 nitrogen and oxygen atoms in total. The molecule has 0 bridgehead atoms. The Kier molecular flexibility index (Phi) is 5.32. The lowest BCUT2D eigenvalue weighted by Crippen LogP contribution is -2.30. The number of nitrogens with zero attached hydrogens (tertiary/aromatic N) is 1. The monoisotopic (exact) mass is 371 g/mol. The molecule has 0 spiro atoms. The number of hydrogen-bond donors (Lipinski definition) is 0. The van der Waals surface area contributed by atoms with Gasteiger partial charge < -0.3 is 9.64 Å². The lowest BCUT2D eigenvalue weighted by Gasteiger charge is -2.17. The molecule has 1 aromatic heterocycles. The molecule has 26 heavy (non-hydrogen) atoms. The second-order valence-electron chi connectivity index (χ2n) is 5.98. The molecule has 0 atom stereocenters. The zero-order valence-corrected chi connectivity index (χ0v) is 15.3. The van der Waals surface area contributed by atoms with Crippen LogP contribution >= 0.6 is 11.3 Å². The Morgan fingerprint density at radius 1 is 1.12 bits per heavy atom. The van der Waals surface area contributed by atoms with E-state index in [1.807, 2.05) is 30.3 Å². The Morgan fingerprint density at radius 2 is 1.85 bits per heavy atom. The van der Waals surface area contributed by atoms with Crippen LogP contribution in [0.25, 0.3) is 10.1 Å². The zero-order valence-electron chi connectivity index (χ0n) is 14.5. The molecule has 0 saturated carbocycles. The van der Waals surface area contributed by atoms with E-state index < -0.39 is 5.97 Å². The average Bonchev–Trinajstić information content (AvgIpc) is 2.98. The number of hydrogen-bond acceptors (Lipinski definition) is 4. The van der Waals surface area contributed by atoms with Gasteiger partial charge in [0.05, 0.1) is 0 Å². The summed E-state index contributed by atoms with van der Waals surface area (Å²) in [5.41, 5.74) is 1.53. The van der Waals surface area contributed by atoms with Crippen LogP contribution in [-0.2, 0) is 16.1 Å². The van der Waals surface area contributed by atoms with E-state index in [2.05, 4.69) is 0 Å². The van der Waals surface area contributed by atoms with Gasteiger partial charge in [0.15, 0.2) is 6.61 Å². The topological polar surface area (TPSA) is 46.6 Å². The Bertz CT molecular complexity index is 952. The molecule has 1 heterocycles. The van der Waals surface area contributed by atoms with Gasteiger partial charge in [-0.15, -0.1) is 11.3 Å². The number of likely N-dealkylation sites (N-methyl/N-ethyl adjacent to an activating group) is 1. The third kappa shape index (κ3) is 3.75. The third-order valence-corrected chi connectivity index (χ3v) is 5.34. The number of rotatable bonds is 5. The molecule has 0 radical (unpaired) electrons. The van der Waals surface area contributed by atoms with E-state index in [1.54, 1.807) is 26.1 Å². The van der Waals surface area contributed by atoms with Crippen LogP contribution in [0.2, 0.25) is 0 Å². The second kappa shape index (κ2) is 7.66. The number of carbonyl (C=O) groups is 2. The predicted molar refractivity (Wildman–Crippen MR) is 99.7 cm³/mol. The van der Waals surface area contributed by atoms with E-state index in [-0.39, 0.29) is 18.3 Å². The number of halogens is 1. The molecule has 0 saturated heterocycles. The molecular weight excluding hydrogens is 353 g/mol. The number of amides is 1. The van der Waals surface area contributed by atoms with E-state index in [0.717, 1.165) is 5.56 Å². The first-order valence-corrected chi connectivity index (χ1v) is 8.91. The minimum Gasteiger partial charge on any atom is -0.451 e. The number of esters is 1. The number of benzene rings is 2. The fraction of sp³-hybridized carbons (Fsp3) is 0.200. The van der Waals surface area contributed by atoms with Crippen LogP contribution < -0.4 is 0 Å². The van der Waals surface area contributed by atoms with E-state index in [0.29, 0.717) is 27.1 Å². The number of fused-ring (bicyclic) bond motifs is 1. The van der Waals surface area contributed by atoms with Crippen LogP contribution in [0, 0.1) is 12.7 Å². The van der Waals surface area contributed by atoms with Gasteiger partial charge in [0.1, 0.15) is 10.7 Å². The second-order valence-corrected chi connectivity index (χ2v) is 7.03. The van der Waals surface area contributed by atoms with Crippen molar-refractivity contribution >= 4 is 33.3 Å². The van der Waals surface area contributed by atoms with E-state index in [1.165, 1.54) is 22.3 Å². The van der Waals surface area contributed by atoms with Crippen LogP contribution in [0.4, 0.5) is 4.39 Å². The van der Waals surface area contributed by atoms with Gasteiger partial charge in [-0.3, -0.25) is 4.79 Å². The van der Waals surface area contributed by atoms with E-state index in [4.69, 9.17) is 4.74 Å². The summed E-state index contributed by atoms with van der Waals surface area (Å²) in [4.78, 5) is 26.3. The summed E-state index contributed by atoms with van der Waals surface area (Å²) in [7, 11) is 1.66.